The van der Waals surface area contributed by atoms with E-state index in [1.165, 1.54) is 6.33 Å². The van der Waals surface area contributed by atoms with E-state index in [4.69, 9.17) is 4.98 Å². The van der Waals surface area contributed by atoms with Crippen LogP contribution in [-0.2, 0) is 13.0 Å². The summed E-state index contributed by atoms with van der Waals surface area (Å²) in [6.07, 6.45) is 3.87. The second-order valence-electron chi connectivity index (χ2n) is 6.95. The number of hydrogen-bond donors (Lipinski definition) is 2. The van der Waals surface area contributed by atoms with Gasteiger partial charge in [0.25, 0.3) is 5.91 Å². The molecule has 148 valence electrons. The molecule has 0 saturated heterocycles. The Hall–Kier alpha value is -4.07. The van der Waals surface area contributed by atoms with E-state index in [2.05, 4.69) is 25.7 Å². The van der Waals surface area contributed by atoms with Gasteiger partial charge >= 0.3 is 0 Å². The number of hydrogen-bond acceptors (Lipinski definition) is 6. The van der Waals surface area contributed by atoms with Gasteiger partial charge in [0, 0.05) is 24.2 Å². The largest absolute Gasteiger partial charge is 0.366 e. The Morgan fingerprint density at radius 2 is 1.87 bits per heavy atom. The average molecular weight is 397 g/mol. The number of rotatable bonds is 5. The minimum absolute atomic E-state index is 0.156. The number of fused-ring (bicyclic) bond motifs is 1. The van der Waals surface area contributed by atoms with E-state index >= 15 is 0 Å². The molecule has 0 bridgehead atoms. The highest BCUT2D eigenvalue weighted by molar-refractivity contribution is 5.96. The first-order valence-electron chi connectivity index (χ1n) is 9.70. The van der Waals surface area contributed by atoms with Gasteiger partial charge in [-0.2, -0.15) is 5.10 Å². The van der Waals surface area contributed by atoms with Gasteiger partial charge in [0.05, 0.1) is 5.69 Å². The van der Waals surface area contributed by atoms with Gasteiger partial charge in [-0.15, -0.1) is 0 Å². The first-order chi connectivity index (χ1) is 14.8. The quantitative estimate of drug-likeness (QED) is 0.537. The van der Waals surface area contributed by atoms with Crippen molar-refractivity contribution in [2.75, 3.05) is 11.9 Å². The fraction of sp³-hybridized carbons (Fsp3) is 0.136. The zero-order valence-electron chi connectivity index (χ0n) is 16.1. The fourth-order valence-electron chi connectivity index (χ4n) is 3.45. The van der Waals surface area contributed by atoms with Crippen LogP contribution in [0.15, 0.2) is 67.3 Å². The summed E-state index contributed by atoms with van der Waals surface area (Å²) in [6.45, 7) is 1.16. The number of nitrogens with zero attached hydrogens (tertiary/aromatic N) is 5. The lowest BCUT2D eigenvalue weighted by Gasteiger charge is -2.20. The van der Waals surface area contributed by atoms with Crippen molar-refractivity contribution >= 4 is 11.7 Å². The Morgan fingerprint density at radius 1 is 1.03 bits per heavy atom. The number of amides is 1. The Labute approximate surface area is 173 Å². The van der Waals surface area contributed by atoms with Crippen LogP contribution >= 0.6 is 0 Å². The summed E-state index contributed by atoms with van der Waals surface area (Å²) in [6, 6.07) is 17.7. The van der Waals surface area contributed by atoms with Crippen LogP contribution in [0.2, 0.25) is 0 Å². The Balaban J connectivity index is 1.43. The Kier molecular flexibility index (Phi) is 4.65. The molecule has 1 aliphatic heterocycles. The lowest BCUT2D eigenvalue weighted by atomic mass is 10.1. The van der Waals surface area contributed by atoms with Gasteiger partial charge in [0.2, 0.25) is 0 Å². The van der Waals surface area contributed by atoms with Crippen molar-refractivity contribution in [2.24, 2.45) is 0 Å². The van der Waals surface area contributed by atoms with Crippen molar-refractivity contribution in [3.63, 3.8) is 0 Å². The molecule has 0 aliphatic carbocycles. The maximum Gasteiger partial charge on any atom is 0.270 e. The molecule has 1 aliphatic rings. The van der Waals surface area contributed by atoms with Gasteiger partial charge in [0.15, 0.2) is 5.82 Å². The third-order valence-corrected chi connectivity index (χ3v) is 4.99. The molecule has 2 aromatic heterocycles. The second-order valence-corrected chi connectivity index (χ2v) is 6.95. The van der Waals surface area contributed by atoms with Crippen molar-refractivity contribution < 1.29 is 4.79 Å². The monoisotopic (exact) mass is 397 g/mol. The summed E-state index contributed by atoms with van der Waals surface area (Å²) in [5.74, 6) is 1.08. The smallest absolute Gasteiger partial charge is 0.270 e. The van der Waals surface area contributed by atoms with Gasteiger partial charge in [-0.25, -0.2) is 19.6 Å². The van der Waals surface area contributed by atoms with E-state index in [1.54, 1.807) is 11.0 Å². The maximum absolute atomic E-state index is 12.4. The van der Waals surface area contributed by atoms with Gasteiger partial charge in [-0.05, 0) is 24.1 Å². The van der Waals surface area contributed by atoms with Crippen molar-refractivity contribution in [3.8, 4) is 17.1 Å². The summed E-state index contributed by atoms with van der Waals surface area (Å²) in [5, 5.41) is 10.4. The standard InChI is InChI=1S/C22H19N7O/c30-22-19-18(10-11-24-22)21(28-20(27-19)16-4-2-1-3-5-16)25-12-15-6-8-17(9-7-15)29-14-23-13-26-29/h1-9,13-14H,10-12H2,(H,24,30)(H,25,27,28). The number of anilines is 1. The lowest BCUT2D eigenvalue weighted by Crippen LogP contribution is -2.34. The first kappa shape index (κ1) is 18.0. The number of benzene rings is 2. The molecule has 8 nitrogen and oxygen atoms in total. The zero-order valence-corrected chi connectivity index (χ0v) is 16.1. The van der Waals surface area contributed by atoms with Crippen LogP contribution in [0.4, 0.5) is 5.82 Å². The fourth-order valence-corrected chi connectivity index (χ4v) is 3.45. The third-order valence-electron chi connectivity index (χ3n) is 4.99. The van der Waals surface area contributed by atoms with Crippen LogP contribution in [-0.4, -0.2) is 37.2 Å². The molecule has 3 heterocycles. The van der Waals surface area contributed by atoms with Crippen molar-refractivity contribution in [1.29, 1.82) is 0 Å². The van der Waals surface area contributed by atoms with Crippen LogP contribution < -0.4 is 10.6 Å². The summed E-state index contributed by atoms with van der Waals surface area (Å²) >= 11 is 0. The molecule has 1 amide bonds. The number of aromatic nitrogens is 5. The van der Waals surface area contributed by atoms with E-state index in [9.17, 15) is 4.79 Å². The number of nitrogens with one attached hydrogen (secondary N) is 2. The zero-order chi connectivity index (χ0) is 20.3. The molecule has 30 heavy (non-hydrogen) atoms. The SMILES string of the molecule is O=C1NCCc2c(NCc3ccc(-n4cncn4)cc3)nc(-c3ccccc3)nc21. The van der Waals surface area contributed by atoms with Gasteiger partial charge in [-0.1, -0.05) is 42.5 Å². The Morgan fingerprint density at radius 3 is 2.63 bits per heavy atom. The number of carbonyl (C=O) groups is 1. The first-order valence-corrected chi connectivity index (χ1v) is 9.70. The van der Waals surface area contributed by atoms with Crippen LogP contribution in [0.25, 0.3) is 17.1 Å². The average Bonchev–Trinajstić information content (AvgIpc) is 3.34. The van der Waals surface area contributed by atoms with E-state index < -0.39 is 0 Å². The second kappa shape index (κ2) is 7.75. The van der Waals surface area contributed by atoms with Crippen LogP contribution in [0, 0.1) is 0 Å². The van der Waals surface area contributed by atoms with Crippen molar-refractivity contribution in [3.05, 3.63) is 84.1 Å². The minimum atomic E-state index is -0.156. The summed E-state index contributed by atoms with van der Waals surface area (Å²) < 4.78 is 1.71. The van der Waals surface area contributed by atoms with Gasteiger partial charge < -0.3 is 10.6 Å². The third kappa shape index (κ3) is 3.50. The topological polar surface area (TPSA) is 97.6 Å². The van der Waals surface area contributed by atoms with Crippen LogP contribution in [0.3, 0.4) is 0 Å². The molecular formula is C22H19N7O. The van der Waals surface area contributed by atoms with Crippen LogP contribution in [0.1, 0.15) is 21.6 Å². The molecule has 2 N–H and O–H groups in total. The molecule has 0 spiro atoms. The summed E-state index contributed by atoms with van der Waals surface area (Å²) in [7, 11) is 0. The highest BCUT2D eigenvalue weighted by Gasteiger charge is 2.24. The number of carbonyl (C=O) groups excluding carboxylic acids is 1. The van der Waals surface area contributed by atoms with Gasteiger partial charge in [0.1, 0.15) is 24.2 Å². The predicted octanol–water partition coefficient (Wildman–Crippen LogP) is 2.62. The molecule has 0 atom stereocenters. The predicted molar refractivity (Wildman–Crippen MR) is 112 cm³/mol. The highest BCUT2D eigenvalue weighted by Crippen LogP contribution is 2.25. The van der Waals surface area contributed by atoms with Crippen molar-refractivity contribution in [2.45, 2.75) is 13.0 Å². The molecule has 0 saturated carbocycles. The molecular weight excluding hydrogens is 378 g/mol. The minimum Gasteiger partial charge on any atom is -0.366 e. The lowest BCUT2D eigenvalue weighted by molar-refractivity contribution is 0.0940. The van der Waals surface area contributed by atoms with Crippen molar-refractivity contribution in [1.82, 2.24) is 30.0 Å². The summed E-state index contributed by atoms with van der Waals surface area (Å²) in [4.78, 5) is 25.7. The highest BCUT2D eigenvalue weighted by atomic mass is 16.1. The Bertz CT molecular complexity index is 1170. The molecule has 0 fully saturated rings. The molecule has 2 aromatic carbocycles. The van der Waals surface area contributed by atoms with E-state index in [0.717, 1.165) is 22.4 Å². The summed E-state index contributed by atoms with van der Waals surface area (Å²) in [5.41, 5.74) is 4.21. The molecule has 0 unspecified atom stereocenters. The normalized spacial score (nSPS) is 12.9. The molecule has 5 rings (SSSR count). The van der Waals surface area contributed by atoms with Gasteiger partial charge in [-0.3, -0.25) is 4.79 Å². The van der Waals surface area contributed by atoms with E-state index in [-0.39, 0.29) is 5.91 Å². The molecule has 4 aromatic rings. The van der Waals surface area contributed by atoms with E-state index in [1.807, 2.05) is 54.6 Å². The molecule has 8 heteroatoms. The van der Waals surface area contributed by atoms with E-state index in [0.29, 0.717) is 36.8 Å². The maximum atomic E-state index is 12.4. The van der Waals surface area contributed by atoms with Crippen LogP contribution in [0.5, 0.6) is 0 Å². The molecule has 0 radical (unpaired) electrons.